The zero-order valence-corrected chi connectivity index (χ0v) is 8.57. The number of pyridine rings is 1. The summed E-state index contributed by atoms with van der Waals surface area (Å²) in [4.78, 5) is 11.2. The van der Waals surface area contributed by atoms with Crippen molar-refractivity contribution in [3.05, 3.63) is 40.3 Å². The number of aromatic nitrogens is 2. The zero-order valence-electron chi connectivity index (χ0n) is 8.57. The summed E-state index contributed by atoms with van der Waals surface area (Å²) in [5, 5.41) is 3.34. The number of fused-ring (bicyclic) bond motifs is 1. The molecule has 2 aromatic heterocycles. The Hall–Kier alpha value is -1.51. The largest absolute Gasteiger partial charge is 0.298 e. The molecule has 0 radical (unpaired) electrons. The minimum Gasteiger partial charge on any atom is -0.298 e. The van der Waals surface area contributed by atoms with Gasteiger partial charge in [-0.05, 0) is 18.9 Å². The number of nitrogens with zero attached hydrogens (tertiary/aromatic N) is 1. The van der Waals surface area contributed by atoms with Crippen LogP contribution in [0.4, 0.5) is 0 Å². The van der Waals surface area contributed by atoms with E-state index in [0.29, 0.717) is 5.92 Å². The third-order valence-electron chi connectivity index (χ3n) is 3.30. The van der Waals surface area contributed by atoms with E-state index in [9.17, 15) is 4.79 Å². The van der Waals surface area contributed by atoms with E-state index in [2.05, 4.69) is 11.2 Å². The molecule has 0 aliphatic heterocycles. The summed E-state index contributed by atoms with van der Waals surface area (Å²) >= 11 is 0. The van der Waals surface area contributed by atoms with Crippen molar-refractivity contribution < 1.29 is 0 Å². The maximum absolute atomic E-state index is 11.2. The predicted molar refractivity (Wildman–Crippen MR) is 59.2 cm³/mol. The Labute approximate surface area is 87.7 Å². The molecule has 2 aromatic rings. The molecule has 1 saturated carbocycles. The average Bonchev–Trinajstić information content (AvgIpc) is 2.84. The van der Waals surface area contributed by atoms with E-state index in [0.717, 1.165) is 5.52 Å². The molecule has 15 heavy (non-hydrogen) atoms. The fraction of sp³-hybridized carbons (Fsp3) is 0.417. The topological polar surface area (TPSA) is 37.3 Å². The van der Waals surface area contributed by atoms with Crippen LogP contribution >= 0.6 is 0 Å². The van der Waals surface area contributed by atoms with Crippen molar-refractivity contribution >= 4 is 5.52 Å². The summed E-state index contributed by atoms with van der Waals surface area (Å²) in [5.74, 6) is 0.667. The third-order valence-corrected chi connectivity index (χ3v) is 3.30. The van der Waals surface area contributed by atoms with Crippen LogP contribution in [0.2, 0.25) is 0 Å². The van der Waals surface area contributed by atoms with Crippen LogP contribution in [0.25, 0.3) is 5.52 Å². The Morgan fingerprint density at radius 1 is 1.27 bits per heavy atom. The van der Waals surface area contributed by atoms with Gasteiger partial charge in [0, 0.05) is 29.9 Å². The van der Waals surface area contributed by atoms with E-state index in [1.54, 1.807) is 18.3 Å². The zero-order chi connectivity index (χ0) is 10.3. The fourth-order valence-electron chi connectivity index (χ4n) is 2.49. The lowest BCUT2D eigenvalue weighted by Gasteiger charge is -2.03. The van der Waals surface area contributed by atoms with Crippen molar-refractivity contribution in [3.8, 4) is 0 Å². The maximum atomic E-state index is 11.2. The molecule has 3 nitrogen and oxygen atoms in total. The molecule has 1 aliphatic carbocycles. The molecule has 2 heterocycles. The fourth-order valence-corrected chi connectivity index (χ4v) is 2.49. The molecule has 0 spiro atoms. The number of nitrogens with one attached hydrogen (secondary N) is 1. The highest BCUT2D eigenvalue weighted by Crippen LogP contribution is 2.33. The van der Waals surface area contributed by atoms with Gasteiger partial charge in [0.25, 0.3) is 0 Å². The van der Waals surface area contributed by atoms with Crippen LogP contribution in [0.5, 0.6) is 0 Å². The van der Waals surface area contributed by atoms with Crippen LogP contribution < -0.4 is 5.43 Å². The van der Waals surface area contributed by atoms with E-state index in [4.69, 9.17) is 0 Å². The van der Waals surface area contributed by atoms with Crippen molar-refractivity contribution in [3.63, 3.8) is 0 Å². The maximum Gasteiger partial charge on any atom is 0.182 e. The van der Waals surface area contributed by atoms with Gasteiger partial charge in [0.1, 0.15) is 0 Å². The van der Waals surface area contributed by atoms with Gasteiger partial charge >= 0.3 is 0 Å². The molecule has 0 bridgehead atoms. The van der Waals surface area contributed by atoms with Gasteiger partial charge in [-0.1, -0.05) is 12.8 Å². The van der Waals surface area contributed by atoms with E-state index in [-0.39, 0.29) is 5.43 Å². The smallest absolute Gasteiger partial charge is 0.182 e. The van der Waals surface area contributed by atoms with Crippen LogP contribution in [0.3, 0.4) is 0 Å². The quantitative estimate of drug-likeness (QED) is 0.756. The minimum atomic E-state index is 0.0759. The van der Waals surface area contributed by atoms with Gasteiger partial charge < -0.3 is 0 Å². The average molecular weight is 202 g/mol. The summed E-state index contributed by atoms with van der Waals surface area (Å²) < 4.78 is 1.93. The van der Waals surface area contributed by atoms with Crippen LogP contribution in [-0.2, 0) is 0 Å². The lowest BCUT2D eigenvalue weighted by Crippen LogP contribution is -1.99. The van der Waals surface area contributed by atoms with Crippen LogP contribution in [0.15, 0.2) is 29.2 Å². The second-order valence-electron chi connectivity index (χ2n) is 4.35. The third kappa shape index (κ3) is 1.48. The monoisotopic (exact) mass is 202 g/mol. The molecule has 1 fully saturated rings. The van der Waals surface area contributed by atoms with E-state index < -0.39 is 0 Å². The van der Waals surface area contributed by atoms with Crippen molar-refractivity contribution in [1.82, 2.24) is 9.61 Å². The van der Waals surface area contributed by atoms with Gasteiger partial charge in [0.05, 0.1) is 5.52 Å². The summed E-state index contributed by atoms with van der Waals surface area (Å²) in [7, 11) is 0. The first-order valence-corrected chi connectivity index (χ1v) is 5.54. The summed E-state index contributed by atoms with van der Waals surface area (Å²) in [5.41, 5.74) is 2.33. The first kappa shape index (κ1) is 8.77. The van der Waals surface area contributed by atoms with Crippen LogP contribution in [0, 0.1) is 0 Å². The molecule has 0 unspecified atom stereocenters. The molecule has 0 aromatic carbocycles. The second kappa shape index (κ2) is 3.26. The van der Waals surface area contributed by atoms with Crippen LogP contribution in [0.1, 0.15) is 37.3 Å². The van der Waals surface area contributed by atoms with E-state index in [1.165, 1.54) is 31.4 Å². The van der Waals surface area contributed by atoms with Gasteiger partial charge in [-0.25, -0.2) is 0 Å². The molecular formula is C12H14N2O. The number of hydrogen-bond acceptors (Lipinski definition) is 1. The van der Waals surface area contributed by atoms with Gasteiger partial charge in [0.2, 0.25) is 0 Å². The molecule has 3 heteroatoms. The van der Waals surface area contributed by atoms with E-state index in [1.807, 2.05) is 4.52 Å². The SMILES string of the molecule is O=c1ccn2[nH]c(C3CCCC3)cc2c1. The van der Waals surface area contributed by atoms with Crippen molar-refractivity contribution in [2.24, 2.45) is 0 Å². The molecule has 0 amide bonds. The Morgan fingerprint density at radius 3 is 2.87 bits per heavy atom. The molecule has 0 saturated heterocycles. The summed E-state index contributed by atoms with van der Waals surface area (Å²) in [6.07, 6.45) is 7.01. The standard InChI is InChI=1S/C12H14N2O/c15-11-5-6-14-10(7-11)8-12(13-14)9-3-1-2-4-9/h5-9,13H,1-4H2. The summed E-state index contributed by atoms with van der Waals surface area (Å²) in [6, 6.07) is 5.37. The molecule has 1 aliphatic rings. The lowest BCUT2D eigenvalue weighted by molar-refractivity contribution is 0.685. The van der Waals surface area contributed by atoms with Gasteiger partial charge in [0.15, 0.2) is 5.43 Å². The Bertz CT molecular complexity index is 532. The molecular weight excluding hydrogens is 188 g/mol. The number of H-pyrrole nitrogens is 1. The highest BCUT2D eigenvalue weighted by atomic mass is 16.1. The van der Waals surface area contributed by atoms with Gasteiger partial charge in [-0.2, -0.15) is 0 Å². The highest BCUT2D eigenvalue weighted by Gasteiger charge is 2.18. The lowest BCUT2D eigenvalue weighted by atomic mass is 10.0. The van der Waals surface area contributed by atoms with Crippen molar-refractivity contribution in [2.75, 3.05) is 0 Å². The Morgan fingerprint density at radius 2 is 2.07 bits per heavy atom. The number of hydrogen-bond donors (Lipinski definition) is 1. The Kier molecular flexibility index (Phi) is 1.91. The normalized spacial score (nSPS) is 17.6. The van der Waals surface area contributed by atoms with Crippen molar-refractivity contribution in [2.45, 2.75) is 31.6 Å². The molecule has 78 valence electrons. The number of aromatic amines is 1. The van der Waals surface area contributed by atoms with Crippen LogP contribution in [-0.4, -0.2) is 9.61 Å². The van der Waals surface area contributed by atoms with Gasteiger partial charge in [-0.3, -0.25) is 14.4 Å². The van der Waals surface area contributed by atoms with Gasteiger partial charge in [-0.15, -0.1) is 0 Å². The van der Waals surface area contributed by atoms with E-state index >= 15 is 0 Å². The van der Waals surface area contributed by atoms with Crippen molar-refractivity contribution in [1.29, 1.82) is 0 Å². The highest BCUT2D eigenvalue weighted by molar-refractivity contribution is 5.47. The summed E-state index contributed by atoms with van der Waals surface area (Å²) in [6.45, 7) is 0. The molecule has 3 rings (SSSR count). The number of rotatable bonds is 1. The predicted octanol–water partition coefficient (Wildman–Crippen LogP) is 2.29. The Balaban J connectivity index is 2.09. The molecule has 0 atom stereocenters. The molecule has 1 N–H and O–H groups in total. The first-order valence-electron chi connectivity index (χ1n) is 5.54. The second-order valence-corrected chi connectivity index (χ2v) is 4.35. The first-order chi connectivity index (χ1) is 7.33. The minimum absolute atomic E-state index is 0.0759.